The van der Waals surface area contributed by atoms with Crippen LogP contribution < -0.4 is 10.1 Å². The van der Waals surface area contributed by atoms with Crippen molar-refractivity contribution in [2.24, 2.45) is 0 Å². The van der Waals surface area contributed by atoms with Crippen molar-refractivity contribution in [2.45, 2.75) is 37.6 Å². The van der Waals surface area contributed by atoms with Crippen LogP contribution >= 0.6 is 0 Å². The molecular formula is C23H25N5O4. The topological polar surface area (TPSA) is 120 Å². The second-order valence-corrected chi connectivity index (χ2v) is 8.36. The van der Waals surface area contributed by atoms with Crippen molar-refractivity contribution in [1.29, 1.82) is 0 Å². The molecule has 9 heteroatoms. The summed E-state index contributed by atoms with van der Waals surface area (Å²) in [5.41, 5.74) is 4.65. The van der Waals surface area contributed by atoms with E-state index >= 15 is 0 Å². The van der Waals surface area contributed by atoms with E-state index in [1.54, 1.807) is 13.3 Å². The first-order chi connectivity index (χ1) is 15.6. The fourth-order valence-electron chi connectivity index (χ4n) is 4.52. The van der Waals surface area contributed by atoms with Crippen molar-refractivity contribution >= 4 is 23.0 Å². The maximum atomic E-state index is 13.0. The molecule has 1 saturated heterocycles. The predicted octanol–water partition coefficient (Wildman–Crippen LogP) is 3.38. The molecule has 1 saturated carbocycles. The number of aromatic nitrogens is 3. The van der Waals surface area contributed by atoms with Gasteiger partial charge in [-0.2, -0.15) is 0 Å². The number of amides is 2. The van der Waals surface area contributed by atoms with Crippen LogP contribution in [0.4, 0.5) is 4.79 Å². The minimum Gasteiger partial charge on any atom is -0.496 e. The third-order valence-electron chi connectivity index (χ3n) is 6.34. The van der Waals surface area contributed by atoms with Gasteiger partial charge in [-0.1, -0.05) is 12.1 Å². The SMILES string of the molecule is COc1cccc(-c2ncnc3c(C(=O)NC4CCN(C(=O)O)CC4)c[nH]c23)c1C1CC1. The van der Waals surface area contributed by atoms with Crippen molar-refractivity contribution < 1.29 is 19.4 Å². The number of ether oxygens (including phenoxy) is 1. The molecule has 0 spiro atoms. The Hall–Kier alpha value is -3.62. The summed E-state index contributed by atoms with van der Waals surface area (Å²) < 4.78 is 5.61. The van der Waals surface area contributed by atoms with Gasteiger partial charge in [-0.15, -0.1) is 0 Å². The number of aromatic amines is 1. The number of carbonyl (C=O) groups excluding carboxylic acids is 1. The van der Waals surface area contributed by atoms with Crippen LogP contribution in [0, 0.1) is 0 Å². The lowest BCUT2D eigenvalue weighted by molar-refractivity contribution is 0.0909. The number of likely N-dealkylation sites (tertiary alicyclic amines) is 1. The molecule has 3 heterocycles. The molecular weight excluding hydrogens is 410 g/mol. The zero-order valence-corrected chi connectivity index (χ0v) is 17.8. The molecule has 9 nitrogen and oxygen atoms in total. The number of methoxy groups -OCH3 is 1. The monoisotopic (exact) mass is 435 g/mol. The van der Waals surface area contributed by atoms with Crippen molar-refractivity contribution in [1.82, 2.24) is 25.2 Å². The summed E-state index contributed by atoms with van der Waals surface area (Å²) in [6, 6.07) is 5.89. The molecule has 3 aromatic rings. The number of carboxylic acid groups (broad SMARTS) is 1. The number of piperidine rings is 1. The van der Waals surface area contributed by atoms with Gasteiger partial charge in [0.1, 0.15) is 17.6 Å². The molecule has 0 atom stereocenters. The average molecular weight is 435 g/mol. The largest absolute Gasteiger partial charge is 0.496 e. The highest BCUT2D eigenvalue weighted by Crippen LogP contribution is 2.49. The van der Waals surface area contributed by atoms with Crippen LogP contribution in [0.5, 0.6) is 5.75 Å². The fraction of sp³-hybridized carbons (Fsp3) is 0.391. The van der Waals surface area contributed by atoms with Crippen molar-refractivity contribution in [3.63, 3.8) is 0 Å². The molecule has 1 aliphatic heterocycles. The first-order valence-electron chi connectivity index (χ1n) is 10.8. The first-order valence-corrected chi connectivity index (χ1v) is 10.8. The normalized spacial score (nSPS) is 16.8. The van der Waals surface area contributed by atoms with Crippen LogP contribution in [0.1, 0.15) is 47.5 Å². The summed E-state index contributed by atoms with van der Waals surface area (Å²) in [6.45, 7) is 0.834. The predicted molar refractivity (Wildman–Crippen MR) is 118 cm³/mol. The van der Waals surface area contributed by atoms with Crippen molar-refractivity contribution in [3.05, 3.63) is 41.9 Å². The molecule has 166 valence electrons. The van der Waals surface area contributed by atoms with E-state index < -0.39 is 6.09 Å². The van der Waals surface area contributed by atoms with E-state index in [4.69, 9.17) is 9.84 Å². The Labute approximate surface area is 184 Å². The smallest absolute Gasteiger partial charge is 0.407 e. The van der Waals surface area contributed by atoms with Gasteiger partial charge in [-0.05, 0) is 37.7 Å². The number of hydrogen-bond acceptors (Lipinski definition) is 5. The lowest BCUT2D eigenvalue weighted by Gasteiger charge is -2.30. The quantitative estimate of drug-likeness (QED) is 0.565. The zero-order chi connectivity index (χ0) is 22.2. The van der Waals surface area contributed by atoms with Crippen LogP contribution in [-0.4, -0.2) is 63.2 Å². The zero-order valence-electron chi connectivity index (χ0n) is 17.8. The molecule has 2 aliphatic rings. The summed E-state index contributed by atoms with van der Waals surface area (Å²) in [4.78, 5) is 37.6. The molecule has 0 radical (unpaired) electrons. The molecule has 3 N–H and O–H groups in total. The van der Waals surface area contributed by atoms with Gasteiger partial charge in [-0.25, -0.2) is 14.8 Å². The number of hydrogen-bond donors (Lipinski definition) is 3. The van der Waals surface area contributed by atoms with Crippen LogP contribution in [0.3, 0.4) is 0 Å². The third-order valence-corrected chi connectivity index (χ3v) is 6.34. The Bertz CT molecular complexity index is 1180. The highest BCUT2D eigenvalue weighted by molar-refractivity contribution is 6.07. The minimum absolute atomic E-state index is 0.0655. The Morgan fingerprint density at radius 3 is 2.66 bits per heavy atom. The average Bonchev–Trinajstić information content (AvgIpc) is 3.56. The van der Waals surface area contributed by atoms with Gasteiger partial charge >= 0.3 is 6.09 Å². The van der Waals surface area contributed by atoms with Gasteiger partial charge < -0.3 is 25.0 Å². The molecule has 2 aromatic heterocycles. The molecule has 1 aromatic carbocycles. The molecule has 5 rings (SSSR count). The van der Waals surface area contributed by atoms with Gasteiger partial charge in [-0.3, -0.25) is 4.79 Å². The number of rotatable bonds is 5. The molecule has 32 heavy (non-hydrogen) atoms. The molecule has 0 bridgehead atoms. The van der Waals surface area contributed by atoms with Crippen LogP contribution in [-0.2, 0) is 0 Å². The maximum Gasteiger partial charge on any atom is 0.407 e. The summed E-state index contributed by atoms with van der Waals surface area (Å²) in [5, 5.41) is 12.1. The van der Waals surface area contributed by atoms with Gasteiger partial charge in [0.2, 0.25) is 0 Å². The van der Waals surface area contributed by atoms with Crippen LogP contribution in [0.2, 0.25) is 0 Å². The number of nitrogens with zero attached hydrogens (tertiary/aromatic N) is 3. The summed E-state index contributed by atoms with van der Waals surface area (Å²) >= 11 is 0. The van der Waals surface area contributed by atoms with Gasteiger partial charge in [0.15, 0.2) is 0 Å². The second-order valence-electron chi connectivity index (χ2n) is 8.36. The number of carbonyl (C=O) groups is 2. The fourth-order valence-corrected chi connectivity index (χ4v) is 4.52. The third kappa shape index (κ3) is 3.63. The van der Waals surface area contributed by atoms with E-state index in [1.807, 2.05) is 18.2 Å². The first kappa shape index (κ1) is 20.3. The minimum atomic E-state index is -0.918. The highest BCUT2D eigenvalue weighted by Gasteiger charge is 2.31. The molecule has 1 aliphatic carbocycles. The van der Waals surface area contributed by atoms with Crippen LogP contribution in [0.25, 0.3) is 22.3 Å². The van der Waals surface area contributed by atoms with E-state index in [2.05, 4.69) is 20.3 Å². The number of fused-ring (bicyclic) bond motifs is 1. The second kappa shape index (κ2) is 8.14. The van der Waals surface area contributed by atoms with E-state index in [0.717, 1.165) is 35.4 Å². The van der Waals surface area contributed by atoms with E-state index in [-0.39, 0.29) is 11.9 Å². The van der Waals surface area contributed by atoms with Gasteiger partial charge in [0.05, 0.1) is 23.9 Å². The Morgan fingerprint density at radius 2 is 1.97 bits per heavy atom. The molecule has 0 unspecified atom stereocenters. The summed E-state index contributed by atoms with van der Waals surface area (Å²) in [7, 11) is 1.68. The molecule has 2 amide bonds. The number of benzene rings is 1. The van der Waals surface area contributed by atoms with Crippen LogP contribution in [0.15, 0.2) is 30.7 Å². The van der Waals surface area contributed by atoms with Crippen molar-refractivity contribution in [3.8, 4) is 17.0 Å². The standard InChI is InChI=1S/C23H25N5O4/c1-32-17-4-2-3-15(18(17)13-5-6-13)19-21-20(26-12-25-19)16(11-24-21)22(29)27-14-7-9-28(10-8-14)23(30)31/h2-4,11-14,24H,5-10H2,1H3,(H,27,29)(H,30,31). The Morgan fingerprint density at radius 1 is 1.19 bits per heavy atom. The lowest BCUT2D eigenvalue weighted by Crippen LogP contribution is -2.46. The van der Waals surface area contributed by atoms with E-state index in [0.29, 0.717) is 48.4 Å². The Kier molecular flexibility index (Phi) is 5.16. The summed E-state index contributed by atoms with van der Waals surface area (Å²) in [6.07, 6.45) is 5.68. The van der Waals surface area contributed by atoms with E-state index in [9.17, 15) is 9.59 Å². The lowest BCUT2D eigenvalue weighted by atomic mass is 9.98. The maximum absolute atomic E-state index is 13.0. The highest BCUT2D eigenvalue weighted by atomic mass is 16.5. The van der Waals surface area contributed by atoms with Gasteiger partial charge in [0, 0.05) is 36.5 Å². The number of nitrogens with one attached hydrogen (secondary N) is 2. The van der Waals surface area contributed by atoms with E-state index in [1.165, 1.54) is 11.2 Å². The van der Waals surface area contributed by atoms with Crippen molar-refractivity contribution in [2.75, 3.05) is 20.2 Å². The molecule has 2 fully saturated rings. The van der Waals surface area contributed by atoms with Gasteiger partial charge in [0.25, 0.3) is 5.91 Å². The number of H-pyrrole nitrogens is 1. The Balaban J connectivity index is 1.43. The summed E-state index contributed by atoms with van der Waals surface area (Å²) in [5.74, 6) is 1.09.